The van der Waals surface area contributed by atoms with Crippen LogP contribution < -0.4 is 0 Å². The molecule has 1 rings (SSSR count). The second kappa shape index (κ2) is 4.41. The molecule has 0 aliphatic rings. The summed E-state index contributed by atoms with van der Waals surface area (Å²) in [4.78, 5) is 0.621. The van der Waals surface area contributed by atoms with E-state index in [4.69, 9.17) is 10.6 Å². The van der Waals surface area contributed by atoms with Gasteiger partial charge in [0.25, 0.3) is 0 Å². The monoisotopic (exact) mass is 208 g/mol. The van der Waals surface area contributed by atoms with Crippen LogP contribution in [0.4, 0.5) is 0 Å². The molecule has 14 heavy (non-hydrogen) atoms. The summed E-state index contributed by atoms with van der Waals surface area (Å²) in [5.74, 6) is 2.43. The first-order valence-electron chi connectivity index (χ1n) is 4.19. The van der Waals surface area contributed by atoms with Gasteiger partial charge in [-0.3, -0.25) is 4.18 Å². The Morgan fingerprint density at radius 2 is 1.93 bits per heavy atom. The summed E-state index contributed by atoms with van der Waals surface area (Å²) in [5, 5.41) is 0. The second-order valence-electron chi connectivity index (χ2n) is 3.29. The van der Waals surface area contributed by atoms with Crippen LogP contribution >= 0.6 is 0 Å². The summed E-state index contributed by atoms with van der Waals surface area (Å²) in [5.41, 5.74) is -0.805. The number of hydrogen-bond donors (Lipinski definition) is 0. The SMILES string of the molecule is C#CC(C)(C)O[S@](=O)c1ccccc1. The summed E-state index contributed by atoms with van der Waals surface area (Å²) in [7, 11) is 0. The Labute approximate surface area is 87.0 Å². The van der Waals surface area contributed by atoms with Gasteiger partial charge in [-0.25, -0.2) is 4.21 Å². The lowest BCUT2D eigenvalue weighted by Gasteiger charge is -2.16. The van der Waals surface area contributed by atoms with E-state index in [1.807, 2.05) is 6.07 Å². The van der Waals surface area contributed by atoms with Gasteiger partial charge in [-0.15, -0.1) is 6.42 Å². The highest BCUT2D eigenvalue weighted by molar-refractivity contribution is 7.80. The van der Waals surface area contributed by atoms with Crippen molar-refractivity contribution in [3.8, 4) is 12.3 Å². The van der Waals surface area contributed by atoms with Crippen molar-refractivity contribution in [2.45, 2.75) is 24.3 Å². The molecule has 0 radical (unpaired) electrons. The molecule has 0 spiro atoms. The highest BCUT2D eigenvalue weighted by Crippen LogP contribution is 2.15. The largest absolute Gasteiger partial charge is 0.268 e. The van der Waals surface area contributed by atoms with Crippen LogP contribution in [0.5, 0.6) is 0 Å². The maximum absolute atomic E-state index is 11.6. The third-order valence-electron chi connectivity index (χ3n) is 1.57. The first-order valence-corrected chi connectivity index (χ1v) is 5.27. The van der Waals surface area contributed by atoms with Gasteiger partial charge in [-0.2, -0.15) is 0 Å². The molecule has 0 saturated carbocycles. The van der Waals surface area contributed by atoms with Crippen molar-refractivity contribution < 1.29 is 8.39 Å². The molecule has 0 aromatic heterocycles. The summed E-state index contributed by atoms with van der Waals surface area (Å²) >= 11 is -1.50. The molecule has 0 N–H and O–H groups in total. The molecule has 0 aliphatic heterocycles. The Hall–Kier alpha value is -1.11. The minimum absolute atomic E-state index is 0.621. The molecule has 1 atom stereocenters. The fourth-order valence-electron chi connectivity index (χ4n) is 0.793. The van der Waals surface area contributed by atoms with E-state index in [2.05, 4.69) is 5.92 Å². The summed E-state index contributed by atoms with van der Waals surface area (Å²) in [6.45, 7) is 3.40. The van der Waals surface area contributed by atoms with Crippen LogP contribution in [0.1, 0.15) is 13.8 Å². The first kappa shape index (κ1) is 11.0. The highest BCUT2D eigenvalue weighted by atomic mass is 32.2. The van der Waals surface area contributed by atoms with E-state index < -0.39 is 16.7 Å². The van der Waals surface area contributed by atoms with Crippen LogP contribution in [0.25, 0.3) is 0 Å². The van der Waals surface area contributed by atoms with Gasteiger partial charge in [0.1, 0.15) is 5.60 Å². The lowest BCUT2D eigenvalue weighted by molar-refractivity contribution is 0.196. The van der Waals surface area contributed by atoms with Gasteiger partial charge in [-0.1, -0.05) is 24.1 Å². The zero-order valence-corrected chi connectivity index (χ0v) is 9.01. The topological polar surface area (TPSA) is 26.3 Å². The Morgan fingerprint density at radius 1 is 1.36 bits per heavy atom. The molecular formula is C11H12O2S. The molecule has 0 heterocycles. The zero-order chi connectivity index (χ0) is 10.6. The third kappa shape index (κ3) is 2.99. The lowest BCUT2D eigenvalue weighted by atomic mass is 10.2. The minimum atomic E-state index is -1.50. The zero-order valence-electron chi connectivity index (χ0n) is 8.19. The van der Waals surface area contributed by atoms with Gasteiger partial charge in [0, 0.05) is 0 Å². The fourth-order valence-corrected chi connectivity index (χ4v) is 1.70. The molecule has 0 unspecified atom stereocenters. The first-order chi connectivity index (χ1) is 6.55. The molecule has 0 bridgehead atoms. The lowest BCUT2D eigenvalue weighted by Crippen LogP contribution is -2.22. The van der Waals surface area contributed by atoms with E-state index in [1.165, 1.54) is 0 Å². The van der Waals surface area contributed by atoms with Gasteiger partial charge in [0.2, 0.25) is 0 Å². The van der Waals surface area contributed by atoms with Crippen LogP contribution in [-0.4, -0.2) is 9.81 Å². The number of rotatable bonds is 3. The van der Waals surface area contributed by atoms with Crippen molar-refractivity contribution in [3.05, 3.63) is 30.3 Å². The van der Waals surface area contributed by atoms with E-state index in [9.17, 15) is 4.21 Å². The molecular weight excluding hydrogens is 196 g/mol. The Kier molecular flexibility index (Phi) is 3.45. The van der Waals surface area contributed by atoms with Crippen molar-refractivity contribution in [2.24, 2.45) is 0 Å². The summed E-state index contributed by atoms with van der Waals surface area (Å²) < 4.78 is 16.8. The highest BCUT2D eigenvalue weighted by Gasteiger charge is 2.19. The molecule has 2 nitrogen and oxygen atoms in total. The van der Waals surface area contributed by atoms with E-state index in [1.54, 1.807) is 38.1 Å². The maximum atomic E-state index is 11.6. The predicted octanol–water partition coefficient (Wildman–Crippen LogP) is 2.14. The average molecular weight is 208 g/mol. The van der Waals surface area contributed by atoms with Crippen molar-refractivity contribution in [1.82, 2.24) is 0 Å². The summed E-state index contributed by atoms with van der Waals surface area (Å²) in [6.07, 6.45) is 5.22. The normalized spacial score (nSPS) is 13.2. The second-order valence-corrected chi connectivity index (χ2v) is 4.39. The third-order valence-corrected chi connectivity index (χ3v) is 2.79. The molecule has 0 saturated heterocycles. The molecule has 74 valence electrons. The molecule has 0 amide bonds. The predicted molar refractivity (Wildman–Crippen MR) is 56.8 cm³/mol. The van der Waals surface area contributed by atoms with Crippen LogP contribution in [0.3, 0.4) is 0 Å². The molecule has 0 aliphatic carbocycles. The smallest absolute Gasteiger partial charge is 0.190 e. The van der Waals surface area contributed by atoms with Crippen molar-refractivity contribution in [2.75, 3.05) is 0 Å². The van der Waals surface area contributed by atoms with Crippen LogP contribution in [0, 0.1) is 12.3 Å². The van der Waals surface area contributed by atoms with Gasteiger partial charge >= 0.3 is 0 Å². The quantitative estimate of drug-likeness (QED) is 0.711. The Morgan fingerprint density at radius 3 is 2.43 bits per heavy atom. The van der Waals surface area contributed by atoms with E-state index in [0.717, 1.165) is 0 Å². The minimum Gasteiger partial charge on any atom is -0.268 e. The van der Waals surface area contributed by atoms with Gasteiger partial charge in [0.15, 0.2) is 11.1 Å². The average Bonchev–Trinajstić information content (AvgIpc) is 2.19. The molecule has 3 heteroatoms. The summed E-state index contributed by atoms with van der Waals surface area (Å²) in [6, 6.07) is 8.94. The van der Waals surface area contributed by atoms with Crippen molar-refractivity contribution >= 4 is 11.1 Å². The van der Waals surface area contributed by atoms with Crippen LogP contribution in [0.15, 0.2) is 35.2 Å². The number of hydrogen-bond acceptors (Lipinski definition) is 2. The Balaban J connectivity index is 2.75. The van der Waals surface area contributed by atoms with Gasteiger partial charge in [0.05, 0.1) is 4.90 Å². The van der Waals surface area contributed by atoms with Crippen molar-refractivity contribution in [1.29, 1.82) is 0 Å². The number of benzene rings is 1. The van der Waals surface area contributed by atoms with Crippen LogP contribution in [-0.2, 0) is 15.3 Å². The van der Waals surface area contributed by atoms with Crippen molar-refractivity contribution in [3.63, 3.8) is 0 Å². The molecule has 1 aromatic carbocycles. The fraction of sp³-hybridized carbons (Fsp3) is 0.273. The Bertz CT molecular complexity index is 363. The standard InChI is InChI=1S/C11H12O2S/c1-4-11(2,3)13-14(12)10-8-6-5-7-9-10/h1,5-9H,2-3H3/t14-/m0/s1. The number of terminal acetylenes is 1. The molecule has 0 fully saturated rings. The van der Waals surface area contributed by atoms with Gasteiger partial charge in [-0.05, 0) is 26.0 Å². The van der Waals surface area contributed by atoms with Crippen LogP contribution in [0.2, 0.25) is 0 Å². The van der Waals surface area contributed by atoms with E-state index in [0.29, 0.717) is 4.90 Å². The van der Waals surface area contributed by atoms with E-state index in [-0.39, 0.29) is 0 Å². The maximum Gasteiger partial charge on any atom is 0.190 e. The van der Waals surface area contributed by atoms with Gasteiger partial charge < -0.3 is 0 Å². The molecule has 1 aromatic rings. The van der Waals surface area contributed by atoms with E-state index >= 15 is 0 Å².